The zero-order chi connectivity index (χ0) is 20.1. The maximum absolute atomic E-state index is 13.5. The molecule has 26 heavy (non-hydrogen) atoms. The molecule has 0 radical (unpaired) electrons. The molecule has 1 aromatic rings. The molecule has 0 aliphatic rings. The van der Waals surface area contributed by atoms with Gasteiger partial charge < -0.3 is 19.0 Å². The van der Waals surface area contributed by atoms with Crippen LogP contribution >= 0.6 is 0 Å². The summed E-state index contributed by atoms with van der Waals surface area (Å²) in [7, 11) is -3.40. The van der Waals surface area contributed by atoms with Crippen molar-refractivity contribution in [2.75, 3.05) is 11.9 Å². The quantitative estimate of drug-likeness (QED) is 0.201. The third-order valence-corrected chi connectivity index (χ3v) is 5.94. The Morgan fingerprint density at radius 3 is 1.65 bits per heavy atom. The Morgan fingerprint density at radius 2 is 1.23 bits per heavy atom. The molecular weight excluding hydrogens is 377 g/mol. The molecule has 10 heteroatoms. The van der Waals surface area contributed by atoms with Gasteiger partial charge in [0.25, 0.3) is 0 Å². The third kappa shape index (κ3) is 6.18. The number of benzene rings is 1. The monoisotopic (exact) mass is 401 g/mol. The minimum Gasteiger partial charge on any atom is -0.390 e. The topological polar surface area (TPSA) is 50.7 Å². The van der Waals surface area contributed by atoms with E-state index in [1.807, 2.05) is 0 Å². The van der Waals surface area contributed by atoms with E-state index in [0.29, 0.717) is 12.8 Å². The van der Waals surface area contributed by atoms with Crippen molar-refractivity contribution >= 4 is 14.5 Å². The van der Waals surface area contributed by atoms with Crippen LogP contribution in [0.15, 0.2) is 0 Å². The van der Waals surface area contributed by atoms with Crippen molar-refractivity contribution in [2.45, 2.75) is 58.8 Å². The van der Waals surface area contributed by atoms with E-state index in [9.17, 15) is 26.7 Å². The van der Waals surface area contributed by atoms with Crippen LogP contribution in [0.2, 0.25) is 6.04 Å². The molecule has 0 fully saturated rings. The van der Waals surface area contributed by atoms with Gasteiger partial charge >= 0.3 is 8.80 Å². The molecular formula is C16H24F5NO3Si. The molecule has 0 aliphatic carbocycles. The van der Waals surface area contributed by atoms with Crippen molar-refractivity contribution in [3.63, 3.8) is 0 Å². The minimum atomic E-state index is -3.40. The van der Waals surface area contributed by atoms with Gasteiger partial charge in [0.15, 0.2) is 23.3 Å². The molecule has 2 N–H and O–H groups in total. The van der Waals surface area contributed by atoms with Crippen LogP contribution in [0.3, 0.4) is 0 Å². The van der Waals surface area contributed by atoms with Gasteiger partial charge in [-0.05, 0) is 40.5 Å². The van der Waals surface area contributed by atoms with Crippen LogP contribution in [0.4, 0.5) is 27.6 Å². The first-order valence-electron chi connectivity index (χ1n) is 8.31. The van der Waals surface area contributed by atoms with Crippen molar-refractivity contribution < 1.29 is 35.6 Å². The molecule has 0 atom stereocenters. The van der Waals surface area contributed by atoms with Crippen LogP contribution in [-0.2, 0) is 8.85 Å². The summed E-state index contributed by atoms with van der Waals surface area (Å²) in [4.78, 5) is 10.5. The number of nitrogens with one attached hydrogen (secondary N) is 1. The Bertz CT molecular complexity index is 577. The molecule has 1 aromatic carbocycles. The normalized spacial score (nSPS) is 12.3. The smallest absolute Gasteiger partial charge is 0.390 e. The van der Waals surface area contributed by atoms with E-state index in [4.69, 9.17) is 8.85 Å². The zero-order valence-electron chi connectivity index (χ0n) is 15.1. The average Bonchev–Trinajstić information content (AvgIpc) is 2.52. The number of anilines is 1. The maximum Gasteiger partial charge on any atom is 0.498 e. The number of hydrogen-bond donors (Lipinski definition) is 2. The molecule has 0 unspecified atom stereocenters. The van der Waals surface area contributed by atoms with Crippen LogP contribution < -0.4 is 5.32 Å². The summed E-state index contributed by atoms with van der Waals surface area (Å²) in [5.41, 5.74) is -1.06. The molecule has 1 rings (SSSR count). The van der Waals surface area contributed by atoms with Crippen molar-refractivity contribution in [3.8, 4) is 0 Å². The minimum absolute atomic E-state index is 0.0494. The Labute approximate surface area is 150 Å². The van der Waals surface area contributed by atoms with Crippen LogP contribution in [0.1, 0.15) is 40.5 Å². The van der Waals surface area contributed by atoms with Crippen molar-refractivity contribution in [2.24, 2.45) is 0 Å². The first-order chi connectivity index (χ1) is 12.0. The predicted octanol–water partition coefficient (Wildman–Crippen LogP) is 4.36. The van der Waals surface area contributed by atoms with Gasteiger partial charge in [0, 0.05) is 24.8 Å². The van der Waals surface area contributed by atoms with E-state index < -0.39 is 43.6 Å². The highest BCUT2D eigenvalue weighted by Crippen LogP contribution is 2.27. The standard InChI is InChI=1S/C16H24F5NO3Si/c1-9(2)24-26(23,25-10(3)4)8-6-5-7-22-16-14(20)12(18)11(17)13(19)15(16)21/h9-10,22-23H,5-8H2,1-4H3. The van der Waals surface area contributed by atoms with Gasteiger partial charge in [-0.25, -0.2) is 22.0 Å². The highest BCUT2D eigenvalue weighted by atomic mass is 28.4. The van der Waals surface area contributed by atoms with Crippen molar-refractivity contribution in [1.29, 1.82) is 0 Å². The zero-order valence-corrected chi connectivity index (χ0v) is 16.1. The highest BCUT2D eigenvalue weighted by molar-refractivity contribution is 6.59. The first kappa shape index (κ1) is 22.8. The Balaban J connectivity index is 2.62. The molecule has 150 valence electrons. The van der Waals surface area contributed by atoms with Crippen molar-refractivity contribution in [3.05, 3.63) is 29.1 Å². The lowest BCUT2D eigenvalue weighted by Crippen LogP contribution is -2.46. The molecule has 0 heterocycles. The summed E-state index contributed by atoms with van der Waals surface area (Å²) in [5, 5.41) is 2.21. The fraction of sp³-hybridized carbons (Fsp3) is 0.625. The van der Waals surface area contributed by atoms with Gasteiger partial charge in [0.2, 0.25) is 5.82 Å². The van der Waals surface area contributed by atoms with Gasteiger partial charge in [-0.1, -0.05) is 0 Å². The number of hydrogen-bond acceptors (Lipinski definition) is 4. The van der Waals surface area contributed by atoms with E-state index in [1.165, 1.54) is 0 Å². The summed E-state index contributed by atoms with van der Waals surface area (Å²) >= 11 is 0. The molecule has 0 saturated carbocycles. The molecule has 0 aromatic heterocycles. The van der Waals surface area contributed by atoms with Crippen LogP contribution in [0.5, 0.6) is 0 Å². The third-order valence-electron chi connectivity index (χ3n) is 3.27. The van der Waals surface area contributed by atoms with E-state index in [2.05, 4.69) is 5.32 Å². The van der Waals surface area contributed by atoms with E-state index in [1.54, 1.807) is 27.7 Å². The molecule has 0 bridgehead atoms. The second kappa shape index (κ2) is 9.63. The van der Waals surface area contributed by atoms with Crippen molar-refractivity contribution in [1.82, 2.24) is 0 Å². The Kier molecular flexibility index (Phi) is 8.45. The molecule has 4 nitrogen and oxygen atoms in total. The highest BCUT2D eigenvalue weighted by Gasteiger charge is 2.38. The van der Waals surface area contributed by atoms with Gasteiger partial charge in [-0.3, -0.25) is 0 Å². The van der Waals surface area contributed by atoms with E-state index in [0.717, 1.165) is 0 Å². The predicted molar refractivity (Wildman–Crippen MR) is 89.2 cm³/mol. The largest absolute Gasteiger partial charge is 0.498 e. The number of unbranched alkanes of at least 4 members (excludes halogenated alkanes) is 1. The summed E-state index contributed by atoms with van der Waals surface area (Å²) < 4.78 is 77.2. The molecule has 0 spiro atoms. The summed E-state index contributed by atoms with van der Waals surface area (Å²) in [6.45, 7) is 6.98. The van der Waals surface area contributed by atoms with Crippen LogP contribution in [-0.4, -0.2) is 32.4 Å². The molecule has 0 saturated heterocycles. The summed E-state index contributed by atoms with van der Waals surface area (Å²) in [6.07, 6.45) is 0.205. The van der Waals surface area contributed by atoms with E-state index in [-0.39, 0.29) is 24.8 Å². The van der Waals surface area contributed by atoms with E-state index >= 15 is 0 Å². The Morgan fingerprint density at radius 1 is 0.808 bits per heavy atom. The lowest BCUT2D eigenvalue weighted by molar-refractivity contribution is 0.0473. The first-order valence-corrected chi connectivity index (χ1v) is 10.3. The van der Waals surface area contributed by atoms with Gasteiger partial charge in [-0.2, -0.15) is 0 Å². The number of rotatable bonds is 10. The van der Waals surface area contributed by atoms with Crippen LogP contribution in [0, 0.1) is 29.1 Å². The van der Waals surface area contributed by atoms with Gasteiger partial charge in [0.1, 0.15) is 5.69 Å². The Hall–Kier alpha value is -1.23. The summed E-state index contributed by atoms with van der Waals surface area (Å²) in [5.74, 6) is -10.00. The lowest BCUT2D eigenvalue weighted by Gasteiger charge is -2.28. The van der Waals surface area contributed by atoms with Gasteiger partial charge in [-0.15, -0.1) is 0 Å². The summed E-state index contributed by atoms with van der Waals surface area (Å²) in [6, 6.07) is 0.210. The second-order valence-electron chi connectivity index (χ2n) is 6.37. The van der Waals surface area contributed by atoms with Gasteiger partial charge in [0.05, 0.1) is 0 Å². The number of halogens is 5. The average molecular weight is 401 g/mol. The van der Waals surface area contributed by atoms with Crippen LogP contribution in [0.25, 0.3) is 0 Å². The second-order valence-corrected chi connectivity index (χ2v) is 8.77. The molecule has 0 aliphatic heterocycles. The SMILES string of the molecule is CC(C)O[Si](O)(CCCCNc1c(F)c(F)c(F)c(F)c1F)OC(C)C. The maximum atomic E-state index is 13.5. The fourth-order valence-corrected chi connectivity index (χ4v) is 4.79. The lowest BCUT2D eigenvalue weighted by atomic mass is 10.2. The molecule has 0 amide bonds. The fourth-order valence-electron chi connectivity index (χ4n) is 2.33.